The molecule has 3 atom stereocenters. The van der Waals surface area contributed by atoms with Gasteiger partial charge in [0.1, 0.15) is 0 Å². The highest BCUT2D eigenvalue weighted by atomic mass is 15.2. The molecule has 0 amide bonds. The third-order valence-electron chi connectivity index (χ3n) is 5.71. The lowest BCUT2D eigenvalue weighted by atomic mass is 9.92. The van der Waals surface area contributed by atoms with E-state index in [-0.39, 0.29) is 0 Å². The molecule has 3 unspecified atom stereocenters. The molecule has 3 heteroatoms. The SMILES string of the molecule is CCC(C)C1CN(CC2CCN(CC)CC2)C(C)CN1. The second kappa shape index (κ2) is 7.77. The number of rotatable bonds is 5. The van der Waals surface area contributed by atoms with Gasteiger partial charge in [-0.3, -0.25) is 4.90 Å². The predicted molar refractivity (Wildman–Crippen MR) is 87.1 cm³/mol. The van der Waals surface area contributed by atoms with Crippen LogP contribution in [0.25, 0.3) is 0 Å². The van der Waals surface area contributed by atoms with Gasteiger partial charge in [0.05, 0.1) is 0 Å². The third-order valence-corrected chi connectivity index (χ3v) is 5.71. The number of piperazine rings is 1. The van der Waals surface area contributed by atoms with Gasteiger partial charge in [0, 0.05) is 31.7 Å². The zero-order chi connectivity index (χ0) is 14.5. The molecule has 0 aromatic heterocycles. The number of hydrogen-bond donors (Lipinski definition) is 1. The van der Waals surface area contributed by atoms with Gasteiger partial charge < -0.3 is 10.2 Å². The van der Waals surface area contributed by atoms with Crippen molar-refractivity contribution in [3.63, 3.8) is 0 Å². The zero-order valence-corrected chi connectivity index (χ0v) is 14.1. The van der Waals surface area contributed by atoms with Crippen LogP contribution in [0.15, 0.2) is 0 Å². The van der Waals surface area contributed by atoms with E-state index in [1.165, 1.54) is 58.5 Å². The summed E-state index contributed by atoms with van der Waals surface area (Å²) in [5.74, 6) is 1.72. The fraction of sp³-hybridized carbons (Fsp3) is 1.00. The van der Waals surface area contributed by atoms with E-state index in [1.807, 2.05) is 0 Å². The molecule has 0 saturated carbocycles. The van der Waals surface area contributed by atoms with E-state index in [0.717, 1.165) is 11.8 Å². The van der Waals surface area contributed by atoms with E-state index in [2.05, 4.69) is 42.8 Å². The third kappa shape index (κ3) is 4.19. The lowest BCUT2D eigenvalue weighted by molar-refractivity contribution is 0.0802. The minimum absolute atomic E-state index is 0.701. The summed E-state index contributed by atoms with van der Waals surface area (Å²) in [6, 6.07) is 1.41. The maximum atomic E-state index is 3.75. The Bertz CT molecular complexity index is 273. The van der Waals surface area contributed by atoms with E-state index >= 15 is 0 Å². The lowest BCUT2D eigenvalue weighted by Gasteiger charge is -2.43. The molecule has 2 aliphatic rings. The van der Waals surface area contributed by atoms with Crippen LogP contribution in [0.4, 0.5) is 0 Å². The van der Waals surface area contributed by atoms with Crippen LogP contribution in [0.5, 0.6) is 0 Å². The van der Waals surface area contributed by atoms with Crippen LogP contribution >= 0.6 is 0 Å². The summed E-state index contributed by atoms with van der Waals surface area (Å²) in [6.45, 7) is 17.0. The van der Waals surface area contributed by atoms with Crippen LogP contribution in [0.2, 0.25) is 0 Å². The summed E-state index contributed by atoms with van der Waals surface area (Å²) in [7, 11) is 0. The maximum absolute atomic E-state index is 3.75. The first-order valence-corrected chi connectivity index (χ1v) is 8.83. The van der Waals surface area contributed by atoms with Crippen LogP contribution in [0.3, 0.4) is 0 Å². The summed E-state index contributed by atoms with van der Waals surface area (Å²) < 4.78 is 0. The van der Waals surface area contributed by atoms with Gasteiger partial charge in [0.15, 0.2) is 0 Å². The van der Waals surface area contributed by atoms with Gasteiger partial charge in [0.2, 0.25) is 0 Å². The first kappa shape index (κ1) is 16.3. The van der Waals surface area contributed by atoms with Crippen LogP contribution in [0, 0.1) is 11.8 Å². The lowest BCUT2D eigenvalue weighted by Crippen LogP contribution is -2.58. The molecule has 0 aliphatic carbocycles. The van der Waals surface area contributed by atoms with Crippen molar-refractivity contribution in [3.05, 3.63) is 0 Å². The Kier molecular flexibility index (Phi) is 6.31. The molecule has 0 aromatic rings. The molecule has 0 spiro atoms. The minimum Gasteiger partial charge on any atom is -0.311 e. The smallest absolute Gasteiger partial charge is 0.0221 e. The largest absolute Gasteiger partial charge is 0.311 e. The molecule has 2 aliphatic heterocycles. The molecular weight excluding hydrogens is 246 g/mol. The standard InChI is InChI=1S/C17H35N3/c1-5-14(3)17-13-20(15(4)11-18-17)12-16-7-9-19(6-2)10-8-16/h14-18H,5-13H2,1-4H3. The highest BCUT2D eigenvalue weighted by molar-refractivity contribution is 4.88. The average molecular weight is 281 g/mol. The molecule has 0 aromatic carbocycles. The average Bonchev–Trinajstić information content (AvgIpc) is 2.49. The van der Waals surface area contributed by atoms with E-state index in [9.17, 15) is 0 Å². The van der Waals surface area contributed by atoms with Crippen molar-refractivity contribution >= 4 is 0 Å². The van der Waals surface area contributed by atoms with Crippen molar-refractivity contribution in [1.29, 1.82) is 0 Å². The monoisotopic (exact) mass is 281 g/mol. The zero-order valence-electron chi connectivity index (χ0n) is 14.1. The van der Waals surface area contributed by atoms with E-state index < -0.39 is 0 Å². The summed E-state index contributed by atoms with van der Waals surface area (Å²) in [6.07, 6.45) is 4.09. The van der Waals surface area contributed by atoms with Crippen molar-refractivity contribution in [3.8, 4) is 0 Å². The number of hydrogen-bond acceptors (Lipinski definition) is 3. The first-order valence-electron chi connectivity index (χ1n) is 8.83. The number of nitrogens with one attached hydrogen (secondary N) is 1. The quantitative estimate of drug-likeness (QED) is 0.835. The Morgan fingerprint density at radius 2 is 1.90 bits per heavy atom. The Labute approximate surface area is 126 Å². The van der Waals surface area contributed by atoms with E-state index in [4.69, 9.17) is 0 Å². The molecule has 2 fully saturated rings. The molecule has 2 saturated heterocycles. The highest BCUT2D eigenvalue weighted by Gasteiger charge is 2.30. The van der Waals surface area contributed by atoms with Gasteiger partial charge >= 0.3 is 0 Å². The summed E-state index contributed by atoms with van der Waals surface area (Å²) in [5.41, 5.74) is 0. The Hall–Kier alpha value is -0.120. The fourth-order valence-electron chi connectivity index (χ4n) is 3.69. The van der Waals surface area contributed by atoms with Gasteiger partial charge in [-0.15, -0.1) is 0 Å². The molecular formula is C17H35N3. The van der Waals surface area contributed by atoms with Crippen molar-refractivity contribution in [2.24, 2.45) is 11.8 Å². The van der Waals surface area contributed by atoms with Crippen molar-refractivity contribution in [1.82, 2.24) is 15.1 Å². The van der Waals surface area contributed by atoms with E-state index in [0.29, 0.717) is 12.1 Å². The Balaban J connectivity index is 1.81. The second-order valence-corrected chi connectivity index (χ2v) is 7.08. The predicted octanol–water partition coefficient (Wildman–Crippen LogP) is 2.43. The summed E-state index contributed by atoms with van der Waals surface area (Å²) in [5, 5.41) is 3.75. The van der Waals surface area contributed by atoms with Crippen LogP contribution < -0.4 is 5.32 Å². The van der Waals surface area contributed by atoms with Gasteiger partial charge in [-0.25, -0.2) is 0 Å². The van der Waals surface area contributed by atoms with Crippen molar-refractivity contribution in [2.75, 3.05) is 39.3 Å². The second-order valence-electron chi connectivity index (χ2n) is 7.08. The topological polar surface area (TPSA) is 18.5 Å². The molecule has 0 bridgehead atoms. The number of nitrogens with zero attached hydrogens (tertiary/aromatic N) is 2. The van der Waals surface area contributed by atoms with Crippen molar-refractivity contribution < 1.29 is 0 Å². The van der Waals surface area contributed by atoms with Crippen LogP contribution in [-0.2, 0) is 0 Å². The molecule has 3 nitrogen and oxygen atoms in total. The molecule has 118 valence electrons. The van der Waals surface area contributed by atoms with Gasteiger partial charge in [0.25, 0.3) is 0 Å². The summed E-state index contributed by atoms with van der Waals surface area (Å²) >= 11 is 0. The Morgan fingerprint density at radius 3 is 2.50 bits per heavy atom. The Morgan fingerprint density at radius 1 is 1.20 bits per heavy atom. The molecule has 20 heavy (non-hydrogen) atoms. The normalized spacial score (nSPS) is 32.4. The minimum atomic E-state index is 0.701. The molecule has 2 heterocycles. The molecule has 0 radical (unpaired) electrons. The van der Waals surface area contributed by atoms with Gasteiger partial charge in [-0.1, -0.05) is 27.2 Å². The summed E-state index contributed by atoms with van der Waals surface area (Å²) in [4.78, 5) is 5.36. The number of likely N-dealkylation sites (tertiary alicyclic amines) is 1. The highest BCUT2D eigenvalue weighted by Crippen LogP contribution is 2.22. The van der Waals surface area contributed by atoms with Crippen LogP contribution in [0.1, 0.15) is 47.0 Å². The maximum Gasteiger partial charge on any atom is 0.0221 e. The first-order chi connectivity index (χ1) is 9.63. The molecule has 2 rings (SSSR count). The number of piperidine rings is 1. The van der Waals surface area contributed by atoms with Gasteiger partial charge in [-0.05, 0) is 51.2 Å². The fourth-order valence-corrected chi connectivity index (χ4v) is 3.69. The van der Waals surface area contributed by atoms with Crippen LogP contribution in [-0.4, -0.2) is 61.2 Å². The molecule has 1 N–H and O–H groups in total. The van der Waals surface area contributed by atoms with Gasteiger partial charge in [-0.2, -0.15) is 0 Å². The van der Waals surface area contributed by atoms with Crippen molar-refractivity contribution in [2.45, 2.75) is 59.0 Å². The van der Waals surface area contributed by atoms with E-state index in [1.54, 1.807) is 0 Å².